The molecule has 2 aromatic rings. The Morgan fingerprint density at radius 2 is 2.16 bits per heavy atom. The number of aryl methyl sites for hydroxylation is 2. The molecule has 0 bridgehead atoms. The fourth-order valence-electron chi connectivity index (χ4n) is 2.51. The van der Waals surface area contributed by atoms with E-state index in [1.54, 1.807) is 0 Å². The van der Waals surface area contributed by atoms with Crippen LogP contribution in [0.5, 0.6) is 0 Å². The Morgan fingerprint density at radius 1 is 1.37 bits per heavy atom. The molecule has 1 atom stereocenters. The Kier molecular flexibility index (Phi) is 4.53. The molecule has 4 nitrogen and oxygen atoms in total. The first-order valence-electron chi connectivity index (χ1n) is 7.17. The lowest BCUT2D eigenvalue weighted by atomic mass is 10.1. The predicted molar refractivity (Wildman–Crippen MR) is 79.1 cm³/mol. The maximum atomic E-state index is 4.51. The van der Waals surface area contributed by atoms with Crippen molar-refractivity contribution < 1.29 is 0 Å². The molecule has 0 radical (unpaired) electrons. The highest BCUT2D eigenvalue weighted by molar-refractivity contribution is 5.78. The van der Waals surface area contributed by atoms with Crippen molar-refractivity contribution in [2.75, 3.05) is 0 Å². The Morgan fingerprint density at radius 3 is 2.84 bits per heavy atom. The van der Waals surface area contributed by atoms with Crippen LogP contribution < -0.4 is 5.32 Å². The minimum Gasteiger partial charge on any atom is -0.310 e. The molecule has 2 rings (SSSR count). The number of pyridine rings is 1. The molecule has 0 amide bonds. The number of nitrogens with zero attached hydrogens (tertiary/aromatic N) is 3. The molecule has 104 valence electrons. The largest absolute Gasteiger partial charge is 0.310 e. The van der Waals surface area contributed by atoms with Crippen LogP contribution in [0.15, 0.2) is 12.3 Å². The lowest BCUT2D eigenvalue weighted by Gasteiger charge is -2.15. The van der Waals surface area contributed by atoms with Crippen molar-refractivity contribution in [1.82, 2.24) is 20.1 Å². The van der Waals surface area contributed by atoms with Crippen molar-refractivity contribution in [3.8, 4) is 0 Å². The molecule has 2 aromatic heterocycles. The number of hydrogen-bond acceptors (Lipinski definition) is 3. The lowest BCUT2D eigenvalue weighted by Crippen LogP contribution is -2.27. The summed E-state index contributed by atoms with van der Waals surface area (Å²) in [5.41, 5.74) is 3.24. The Bertz CT molecular complexity index is 544. The fourth-order valence-corrected chi connectivity index (χ4v) is 2.51. The van der Waals surface area contributed by atoms with E-state index in [9.17, 15) is 0 Å². The predicted octanol–water partition coefficient (Wildman–Crippen LogP) is 2.95. The van der Waals surface area contributed by atoms with Gasteiger partial charge in [-0.2, -0.15) is 5.10 Å². The van der Waals surface area contributed by atoms with Crippen LogP contribution in [0.4, 0.5) is 0 Å². The number of fused-ring (bicyclic) bond motifs is 1. The second-order valence-electron chi connectivity index (χ2n) is 5.20. The molecule has 0 saturated heterocycles. The highest BCUT2D eigenvalue weighted by atomic mass is 15.3. The topological polar surface area (TPSA) is 42.7 Å². The van der Waals surface area contributed by atoms with E-state index in [2.05, 4.69) is 35.3 Å². The van der Waals surface area contributed by atoms with Crippen LogP contribution in [0.3, 0.4) is 0 Å². The molecule has 1 N–H and O–H groups in total. The van der Waals surface area contributed by atoms with Crippen molar-refractivity contribution in [2.24, 2.45) is 7.05 Å². The van der Waals surface area contributed by atoms with Gasteiger partial charge in [0.1, 0.15) is 0 Å². The van der Waals surface area contributed by atoms with E-state index >= 15 is 0 Å². The van der Waals surface area contributed by atoms with Crippen LogP contribution in [0, 0.1) is 6.92 Å². The molecule has 0 fully saturated rings. The fraction of sp³-hybridized carbons (Fsp3) is 0.600. The third kappa shape index (κ3) is 3.13. The van der Waals surface area contributed by atoms with Crippen LogP contribution in [-0.2, 0) is 13.6 Å². The standard InChI is InChI=1S/C15H24N4/c1-5-7-13(6-2)16-9-12-8-14-11(3)18-19(4)15(14)17-10-12/h8,10,13,16H,5-7,9H2,1-4H3. The van der Waals surface area contributed by atoms with Gasteiger partial charge in [-0.1, -0.05) is 20.3 Å². The first-order valence-corrected chi connectivity index (χ1v) is 7.17. The van der Waals surface area contributed by atoms with Gasteiger partial charge in [-0.3, -0.25) is 4.68 Å². The van der Waals surface area contributed by atoms with Crippen molar-refractivity contribution in [1.29, 1.82) is 0 Å². The molecule has 0 aliphatic carbocycles. The quantitative estimate of drug-likeness (QED) is 0.868. The van der Waals surface area contributed by atoms with Crippen LogP contribution >= 0.6 is 0 Å². The van der Waals surface area contributed by atoms with Crippen LogP contribution in [-0.4, -0.2) is 20.8 Å². The summed E-state index contributed by atoms with van der Waals surface area (Å²) in [6.07, 6.45) is 5.59. The molecule has 19 heavy (non-hydrogen) atoms. The van der Waals surface area contributed by atoms with Gasteiger partial charge in [0.25, 0.3) is 0 Å². The molecule has 0 saturated carbocycles. The molecule has 0 aliphatic rings. The second-order valence-corrected chi connectivity index (χ2v) is 5.20. The Hall–Kier alpha value is -1.42. The molecule has 4 heteroatoms. The molecular formula is C15H24N4. The zero-order valence-electron chi connectivity index (χ0n) is 12.4. The maximum Gasteiger partial charge on any atom is 0.157 e. The number of rotatable bonds is 6. The number of aromatic nitrogens is 3. The summed E-state index contributed by atoms with van der Waals surface area (Å²) in [4.78, 5) is 4.51. The molecule has 1 unspecified atom stereocenters. The van der Waals surface area contributed by atoms with Gasteiger partial charge < -0.3 is 5.32 Å². The van der Waals surface area contributed by atoms with Crippen molar-refractivity contribution in [3.05, 3.63) is 23.5 Å². The molecule has 0 spiro atoms. The summed E-state index contributed by atoms with van der Waals surface area (Å²) in [7, 11) is 1.94. The van der Waals surface area contributed by atoms with Gasteiger partial charge in [0.15, 0.2) is 5.65 Å². The normalized spacial score (nSPS) is 13.1. The van der Waals surface area contributed by atoms with E-state index in [1.165, 1.54) is 24.8 Å². The van der Waals surface area contributed by atoms with Crippen molar-refractivity contribution in [2.45, 2.75) is 52.6 Å². The van der Waals surface area contributed by atoms with Gasteiger partial charge in [0.2, 0.25) is 0 Å². The minimum absolute atomic E-state index is 0.607. The summed E-state index contributed by atoms with van der Waals surface area (Å²) in [6, 6.07) is 2.81. The SMILES string of the molecule is CCCC(CC)NCc1cnc2c(c1)c(C)nn2C. The summed E-state index contributed by atoms with van der Waals surface area (Å²) < 4.78 is 1.84. The zero-order chi connectivity index (χ0) is 13.8. The van der Waals surface area contributed by atoms with Gasteiger partial charge in [0, 0.05) is 31.2 Å². The van der Waals surface area contributed by atoms with Gasteiger partial charge in [0.05, 0.1) is 5.69 Å². The first kappa shape index (κ1) is 14.0. The van der Waals surface area contributed by atoms with E-state index in [4.69, 9.17) is 0 Å². The van der Waals surface area contributed by atoms with Crippen molar-refractivity contribution >= 4 is 11.0 Å². The van der Waals surface area contributed by atoms with Crippen molar-refractivity contribution in [3.63, 3.8) is 0 Å². The van der Waals surface area contributed by atoms with Gasteiger partial charge in [-0.05, 0) is 31.4 Å². The second kappa shape index (κ2) is 6.15. The van der Waals surface area contributed by atoms with E-state index in [1.807, 2.05) is 24.9 Å². The highest BCUT2D eigenvalue weighted by Gasteiger charge is 2.08. The Balaban J connectivity index is 2.11. The van der Waals surface area contributed by atoms with Gasteiger partial charge in [-0.25, -0.2) is 4.98 Å². The van der Waals surface area contributed by atoms with Gasteiger partial charge >= 0.3 is 0 Å². The van der Waals surface area contributed by atoms with Gasteiger partial charge in [-0.15, -0.1) is 0 Å². The van der Waals surface area contributed by atoms with E-state index in [-0.39, 0.29) is 0 Å². The first-order chi connectivity index (χ1) is 9.15. The summed E-state index contributed by atoms with van der Waals surface area (Å²) in [6.45, 7) is 7.39. The molecule has 0 aliphatic heterocycles. The minimum atomic E-state index is 0.607. The maximum absolute atomic E-state index is 4.51. The van der Waals surface area contributed by atoms with Crippen LogP contribution in [0.25, 0.3) is 11.0 Å². The highest BCUT2D eigenvalue weighted by Crippen LogP contribution is 2.16. The van der Waals surface area contributed by atoms with Crippen LogP contribution in [0.1, 0.15) is 44.4 Å². The number of hydrogen-bond donors (Lipinski definition) is 1. The smallest absolute Gasteiger partial charge is 0.157 e. The Labute approximate surface area is 115 Å². The van der Waals surface area contributed by atoms with E-state index < -0.39 is 0 Å². The monoisotopic (exact) mass is 260 g/mol. The van der Waals surface area contributed by atoms with E-state index in [0.29, 0.717) is 6.04 Å². The average molecular weight is 260 g/mol. The molecule has 2 heterocycles. The summed E-state index contributed by atoms with van der Waals surface area (Å²) in [5.74, 6) is 0. The van der Waals surface area contributed by atoms with E-state index in [0.717, 1.165) is 23.3 Å². The zero-order valence-corrected chi connectivity index (χ0v) is 12.4. The summed E-state index contributed by atoms with van der Waals surface area (Å²) in [5, 5.41) is 9.17. The number of nitrogens with one attached hydrogen (secondary N) is 1. The lowest BCUT2D eigenvalue weighted by molar-refractivity contribution is 0.462. The van der Waals surface area contributed by atoms with Crippen LogP contribution in [0.2, 0.25) is 0 Å². The molecular weight excluding hydrogens is 236 g/mol. The summed E-state index contributed by atoms with van der Waals surface area (Å²) >= 11 is 0. The third-order valence-corrected chi connectivity index (χ3v) is 3.64. The molecule has 0 aromatic carbocycles. The average Bonchev–Trinajstić information content (AvgIpc) is 2.70. The third-order valence-electron chi connectivity index (χ3n) is 3.64.